The molecule has 88 valence electrons. The normalized spacial score (nSPS) is 37.8. The fourth-order valence-electron chi connectivity index (χ4n) is 3.02. The van der Waals surface area contributed by atoms with Crippen molar-refractivity contribution in [3.05, 3.63) is 0 Å². The Bertz CT molecular complexity index is 177. The van der Waals surface area contributed by atoms with Crippen LogP contribution in [0.5, 0.6) is 0 Å². The first-order valence-electron chi connectivity index (χ1n) is 6.72. The molecule has 2 fully saturated rings. The van der Waals surface area contributed by atoms with E-state index in [1.807, 2.05) is 0 Å². The van der Waals surface area contributed by atoms with Gasteiger partial charge in [0.1, 0.15) is 0 Å². The van der Waals surface area contributed by atoms with E-state index in [0.29, 0.717) is 6.04 Å². The van der Waals surface area contributed by atoms with Crippen molar-refractivity contribution in [3.63, 3.8) is 0 Å². The van der Waals surface area contributed by atoms with Crippen molar-refractivity contribution in [2.45, 2.75) is 64.0 Å². The van der Waals surface area contributed by atoms with Crippen LogP contribution in [-0.2, 0) is 4.74 Å². The van der Waals surface area contributed by atoms with E-state index >= 15 is 0 Å². The summed E-state index contributed by atoms with van der Waals surface area (Å²) in [6, 6.07) is 1.41. The van der Waals surface area contributed by atoms with Gasteiger partial charge in [-0.15, -0.1) is 0 Å². The number of rotatable bonds is 3. The third kappa shape index (κ3) is 3.46. The molecule has 0 bridgehead atoms. The van der Waals surface area contributed by atoms with Crippen molar-refractivity contribution in [2.24, 2.45) is 5.92 Å². The van der Waals surface area contributed by atoms with E-state index < -0.39 is 0 Å². The maximum absolute atomic E-state index is 5.51. The third-order valence-corrected chi connectivity index (χ3v) is 3.99. The number of hydrogen-bond donors (Lipinski definition) is 1. The highest BCUT2D eigenvalue weighted by Crippen LogP contribution is 2.27. The molecule has 0 radical (unpaired) electrons. The maximum atomic E-state index is 5.51. The molecule has 1 saturated carbocycles. The van der Waals surface area contributed by atoms with Crippen molar-refractivity contribution in [1.29, 1.82) is 0 Å². The molecule has 1 aliphatic heterocycles. The van der Waals surface area contributed by atoms with E-state index in [-0.39, 0.29) is 0 Å². The lowest BCUT2D eigenvalue weighted by Crippen LogP contribution is -2.45. The van der Waals surface area contributed by atoms with Crippen molar-refractivity contribution < 1.29 is 4.74 Å². The molecule has 2 nitrogen and oxygen atoms in total. The summed E-state index contributed by atoms with van der Waals surface area (Å²) in [6.07, 6.45) is 9.56. The Balaban J connectivity index is 1.72. The minimum Gasteiger partial charge on any atom is -0.380 e. The Morgan fingerprint density at radius 3 is 2.73 bits per heavy atom. The van der Waals surface area contributed by atoms with Gasteiger partial charge < -0.3 is 10.1 Å². The molecule has 0 aromatic carbocycles. The summed E-state index contributed by atoms with van der Waals surface area (Å²) in [6.45, 7) is 4.24. The lowest BCUT2D eigenvalue weighted by Gasteiger charge is -2.33. The molecule has 15 heavy (non-hydrogen) atoms. The van der Waals surface area contributed by atoms with Crippen LogP contribution < -0.4 is 5.32 Å². The Kier molecular flexibility index (Phi) is 4.45. The van der Waals surface area contributed by atoms with Crippen LogP contribution in [0.1, 0.15) is 51.9 Å². The second kappa shape index (κ2) is 5.86. The maximum Gasteiger partial charge on any atom is 0.0619 e. The molecule has 0 spiro atoms. The zero-order valence-corrected chi connectivity index (χ0v) is 10.0. The summed E-state index contributed by atoms with van der Waals surface area (Å²) in [7, 11) is 0. The quantitative estimate of drug-likeness (QED) is 0.775. The third-order valence-electron chi connectivity index (χ3n) is 3.99. The van der Waals surface area contributed by atoms with Crippen molar-refractivity contribution in [1.82, 2.24) is 5.32 Å². The molecular weight excluding hydrogens is 186 g/mol. The molecule has 1 heterocycles. The smallest absolute Gasteiger partial charge is 0.0619 e. The van der Waals surface area contributed by atoms with Gasteiger partial charge in [-0.05, 0) is 31.6 Å². The van der Waals surface area contributed by atoms with Crippen LogP contribution >= 0.6 is 0 Å². The van der Waals surface area contributed by atoms with Gasteiger partial charge in [-0.1, -0.05) is 26.2 Å². The first kappa shape index (κ1) is 11.4. The van der Waals surface area contributed by atoms with Gasteiger partial charge in [0.25, 0.3) is 0 Å². The first-order valence-corrected chi connectivity index (χ1v) is 6.72. The molecule has 0 aromatic heterocycles. The van der Waals surface area contributed by atoms with Crippen LogP contribution in [0.3, 0.4) is 0 Å². The van der Waals surface area contributed by atoms with E-state index in [9.17, 15) is 0 Å². The van der Waals surface area contributed by atoms with E-state index in [1.165, 1.54) is 44.9 Å². The summed E-state index contributed by atoms with van der Waals surface area (Å²) in [5.41, 5.74) is 0. The molecule has 0 aromatic rings. The Morgan fingerprint density at radius 2 is 2.00 bits per heavy atom. The van der Waals surface area contributed by atoms with Gasteiger partial charge in [-0.25, -0.2) is 0 Å². The van der Waals surface area contributed by atoms with Crippen molar-refractivity contribution >= 4 is 0 Å². The summed E-state index contributed by atoms with van der Waals surface area (Å²) < 4.78 is 5.51. The van der Waals surface area contributed by atoms with Gasteiger partial charge in [-0.2, -0.15) is 0 Å². The van der Waals surface area contributed by atoms with Gasteiger partial charge in [0.05, 0.1) is 6.61 Å². The van der Waals surface area contributed by atoms with Gasteiger partial charge >= 0.3 is 0 Å². The van der Waals surface area contributed by atoms with Crippen LogP contribution in [0.15, 0.2) is 0 Å². The zero-order chi connectivity index (χ0) is 10.5. The molecule has 3 unspecified atom stereocenters. The first-order chi connectivity index (χ1) is 7.38. The Labute approximate surface area is 93.8 Å². The Morgan fingerprint density at radius 1 is 1.13 bits per heavy atom. The minimum atomic E-state index is 0.638. The van der Waals surface area contributed by atoms with Crippen LogP contribution in [0.2, 0.25) is 0 Å². The van der Waals surface area contributed by atoms with Gasteiger partial charge in [0, 0.05) is 18.7 Å². The van der Waals surface area contributed by atoms with E-state index in [4.69, 9.17) is 4.74 Å². The highest BCUT2D eigenvalue weighted by atomic mass is 16.5. The number of nitrogens with one attached hydrogen (secondary N) is 1. The highest BCUT2D eigenvalue weighted by molar-refractivity contribution is 4.81. The lowest BCUT2D eigenvalue weighted by atomic mass is 9.84. The average molecular weight is 211 g/mol. The monoisotopic (exact) mass is 211 g/mol. The van der Waals surface area contributed by atoms with Crippen molar-refractivity contribution in [3.8, 4) is 0 Å². The van der Waals surface area contributed by atoms with Crippen LogP contribution in [-0.4, -0.2) is 25.3 Å². The van der Waals surface area contributed by atoms with Crippen LogP contribution in [0, 0.1) is 5.92 Å². The molecule has 2 aliphatic rings. The van der Waals surface area contributed by atoms with Gasteiger partial charge in [0.15, 0.2) is 0 Å². The fraction of sp³-hybridized carbons (Fsp3) is 1.00. The van der Waals surface area contributed by atoms with Crippen LogP contribution in [0.25, 0.3) is 0 Å². The van der Waals surface area contributed by atoms with E-state index in [1.54, 1.807) is 0 Å². The molecule has 1 saturated heterocycles. The van der Waals surface area contributed by atoms with Gasteiger partial charge in [-0.3, -0.25) is 0 Å². The summed E-state index contributed by atoms with van der Waals surface area (Å²) in [5, 5.41) is 3.80. The second-order valence-corrected chi connectivity index (χ2v) is 5.22. The van der Waals surface area contributed by atoms with Crippen molar-refractivity contribution in [2.75, 3.05) is 13.2 Å². The predicted molar refractivity (Wildman–Crippen MR) is 63.0 cm³/mol. The highest BCUT2D eigenvalue weighted by Gasteiger charge is 2.23. The minimum absolute atomic E-state index is 0.638. The zero-order valence-electron chi connectivity index (χ0n) is 10.0. The molecule has 0 amide bonds. The molecular formula is C13H25NO. The molecule has 1 N–H and O–H groups in total. The largest absolute Gasteiger partial charge is 0.380 e. The van der Waals surface area contributed by atoms with Crippen LogP contribution in [0.4, 0.5) is 0 Å². The lowest BCUT2D eigenvalue weighted by molar-refractivity contribution is 0.0625. The summed E-state index contributed by atoms with van der Waals surface area (Å²) in [5.74, 6) is 0.973. The number of hydrogen-bond acceptors (Lipinski definition) is 2. The molecule has 2 heteroatoms. The van der Waals surface area contributed by atoms with Gasteiger partial charge in [0.2, 0.25) is 0 Å². The summed E-state index contributed by atoms with van der Waals surface area (Å²) in [4.78, 5) is 0. The predicted octanol–water partition coefficient (Wildman–Crippen LogP) is 2.72. The fourth-order valence-corrected chi connectivity index (χ4v) is 3.02. The molecule has 2 rings (SSSR count). The topological polar surface area (TPSA) is 21.3 Å². The number of ether oxygens (including phenoxy) is 1. The standard InChI is InChI=1S/C13H25NO/c1-2-11-5-3-6-12(9-11)14-13-7-4-8-15-10-13/h11-14H,2-10H2,1H3. The van der Waals surface area contributed by atoms with E-state index in [2.05, 4.69) is 12.2 Å². The Hall–Kier alpha value is -0.0800. The molecule has 1 aliphatic carbocycles. The average Bonchev–Trinajstić information content (AvgIpc) is 2.31. The molecule has 3 atom stereocenters. The van der Waals surface area contributed by atoms with E-state index in [0.717, 1.165) is 25.2 Å². The summed E-state index contributed by atoms with van der Waals surface area (Å²) >= 11 is 0. The SMILES string of the molecule is CCC1CCCC(NC2CCCOC2)C1. The second-order valence-electron chi connectivity index (χ2n) is 5.22.